The Morgan fingerprint density at radius 2 is 1.72 bits per heavy atom. The van der Waals surface area contributed by atoms with Gasteiger partial charge in [0.2, 0.25) is 0 Å². The quantitative estimate of drug-likeness (QED) is 0.601. The van der Waals surface area contributed by atoms with E-state index in [4.69, 9.17) is 12.2 Å². The molecule has 29 heavy (non-hydrogen) atoms. The van der Waals surface area contributed by atoms with Gasteiger partial charge in [-0.05, 0) is 11.6 Å². The first-order chi connectivity index (χ1) is 13.9. The molecular weight excluding hydrogens is 408 g/mol. The number of thioether (sulfide) groups is 1. The van der Waals surface area contributed by atoms with Gasteiger partial charge in [0.15, 0.2) is 0 Å². The van der Waals surface area contributed by atoms with Gasteiger partial charge in [0.05, 0.1) is 16.2 Å². The van der Waals surface area contributed by atoms with E-state index >= 15 is 0 Å². The molecule has 1 unspecified atom stereocenters. The number of benzene rings is 2. The molecule has 6 nitrogen and oxygen atoms in total. The topological polar surface area (TPSA) is 77.9 Å². The summed E-state index contributed by atoms with van der Waals surface area (Å²) in [6.07, 6.45) is 0.121. The number of amides is 2. The van der Waals surface area contributed by atoms with Gasteiger partial charge < -0.3 is 10.0 Å². The number of likely N-dealkylation sites (N-methyl/N-ethyl adjacent to an activating group) is 1. The van der Waals surface area contributed by atoms with Gasteiger partial charge in [-0.15, -0.1) is 0 Å². The molecule has 146 valence electrons. The van der Waals surface area contributed by atoms with E-state index in [1.807, 2.05) is 24.3 Å². The maximum Gasteiger partial charge on any atom is 0.327 e. The number of carboxylic acid groups (broad SMARTS) is 1. The molecule has 0 aliphatic carbocycles. The zero-order valence-corrected chi connectivity index (χ0v) is 17.0. The summed E-state index contributed by atoms with van der Waals surface area (Å²) in [6, 6.07) is 15.1. The van der Waals surface area contributed by atoms with Crippen molar-refractivity contribution >= 4 is 57.3 Å². The van der Waals surface area contributed by atoms with Crippen LogP contribution in [0.4, 0.5) is 5.69 Å². The van der Waals surface area contributed by atoms with Gasteiger partial charge in [-0.1, -0.05) is 72.5 Å². The first-order valence-electron chi connectivity index (χ1n) is 8.84. The van der Waals surface area contributed by atoms with Crippen molar-refractivity contribution in [2.75, 3.05) is 11.9 Å². The van der Waals surface area contributed by atoms with Gasteiger partial charge in [-0.3, -0.25) is 14.5 Å². The van der Waals surface area contributed by atoms with Crippen LogP contribution in [0.3, 0.4) is 0 Å². The molecule has 0 saturated carbocycles. The number of para-hydroxylation sites is 1. The van der Waals surface area contributed by atoms with Crippen LogP contribution in [0.2, 0.25) is 0 Å². The molecule has 0 spiro atoms. The molecule has 1 fully saturated rings. The van der Waals surface area contributed by atoms with Crippen molar-refractivity contribution in [2.24, 2.45) is 0 Å². The van der Waals surface area contributed by atoms with E-state index in [-0.39, 0.29) is 27.1 Å². The molecule has 2 aromatic carbocycles. The number of anilines is 1. The van der Waals surface area contributed by atoms with E-state index in [9.17, 15) is 19.5 Å². The zero-order chi connectivity index (χ0) is 20.7. The molecule has 1 saturated heterocycles. The van der Waals surface area contributed by atoms with Crippen molar-refractivity contribution in [1.82, 2.24) is 4.90 Å². The smallest absolute Gasteiger partial charge is 0.327 e. The number of fused-ring (bicyclic) bond motifs is 1. The molecule has 2 aliphatic rings. The van der Waals surface area contributed by atoms with E-state index in [0.717, 1.165) is 22.2 Å². The minimum atomic E-state index is -1.15. The third kappa shape index (κ3) is 3.24. The summed E-state index contributed by atoms with van der Waals surface area (Å²) in [4.78, 5) is 40.8. The second-order valence-corrected chi connectivity index (χ2v) is 8.32. The zero-order valence-electron chi connectivity index (χ0n) is 15.4. The average Bonchev–Trinajstić information content (AvgIpc) is 3.14. The average molecular weight is 425 g/mol. The maximum atomic E-state index is 13.2. The number of carboxylic acids is 1. The van der Waals surface area contributed by atoms with Gasteiger partial charge in [0.25, 0.3) is 11.8 Å². The SMILES string of the molecule is CN1C(=O)/C(=C2\SC(=S)N(C(Cc3ccccc3)C(=O)O)C2=O)c2ccccc21. The van der Waals surface area contributed by atoms with Crippen LogP contribution in [-0.4, -0.2) is 45.2 Å². The van der Waals surface area contributed by atoms with Crippen LogP contribution < -0.4 is 4.90 Å². The molecule has 0 radical (unpaired) electrons. The van der Waals surface area contributed by atoms with E-state index in [1.54, 1.807) is 37.4 Å². The fourth-order valence-corrected chi connectivity index (χ4v) is 4.94. The van der Waals surface area contributed by atoms with Gasteiger partial charge in [-0.2, -0.15) is 0 Å². The van der Waals surface area contributed by atoms with Crippen molar-refractivity contribution < 1.29 is 19.5 Å². The number of carbonyl (C=O) groups excluding carboxylic acids is 2. The molecule has 2 aliphatic heterocycles. The fourth-order valence-electron chi connectivity index (χ4n) is 3.51. The Kier molecular flexibility index (Phi) is 4.97. The molecule has 2 heterocycles. The van der Waals surface area contributed by atoms with Crippen LogP contribution in [-0.2, 0) is 20.8 Å². The number of aliphatic carboxylic acids is 1. The molecule has 0 bridgehead atoms. The Bertz CT molecular complexity index is 1080. The largest absolute Gasteiger partial charge is 0.480 e. The maximum absolute atomic E-state index is 13.2. The highest BCUT2D eigenvalue weighted by Crippen LogP contribution is 2.44. The number of thiocarbonyl (C=S) groups is 1. The lowest BCUT2D eigenvalue weighted by molar-refractivity contribution is -0.145. The summed E-state index contributed by atoms with van der Waals surface area (Å²) in [5, 5.41) is 9.78. The highest BCUT2D eigenvalue weighted by molar-refractivity contribution is 8.26. The summed E-state index contributed by atoms with van der Waals surface area (Å²) in [5.74, 6) is -2.00. The van der Waals surface area contributed by atoms with Crippen LogP contribution >= 0.6 is 24.0 Å². The fraction of sp³-hybridized carbons (Fsp3) is 0.143. The highest BCUT2D eigenvalue weighted by atomic mass is 32.2. The van der Waals surface area contributed by atoms with Crippen LogP contribution in [0.1, 0.15) is 11.1 Å². The monoisotopic (exact) mass is 424 g/mol. The Morgan fingerprint density at radius 1 is 1.07 bits per heavy atom. The lowest BCUT2D eigenvalue weighted by Gasteiger charge is -2.23. The molecule has 2 amide bonds. The van der Waals surface area contributed by atoms with Gasteiger partial charge >= 0.3 is 5.97 Å². The molecule has 4 rings (SSSR count). The van der Waals surface area contributed by atoms with Gasteiger partial charge in [-0.25, -0.2) is 4.79 Å². The van der Waals surface area contributed by atoms with E-state index in [2.05, 4.69) is 0 Å². The van der Waals surface area contributed by atoms with Crippen LogP contribution in [0.15, 0.2) is 59.5 Å². The van der Waals surface area contributed by atoms with Crippen molar-refractivity contribution in [3.63, 3.8) is 0 Å². The Labute approximate surface area is 176 Å². The first-order valence-corrected chi connectivity index (χ1v) is 10.1. The van der Waals surface area contributed by atoms with E-state index in [0.29, 0.717) is 11.3 Å². The molecule has 2 aromatic rings. The summed E-state index contributed by atoms with van der Waals surface area (Å²) in [5.41, 5.74) is 2.41. The summed E-state index contributed by atoms with van der Waals surface area (Å²) in [7, 11) is 1.64. The normalized spacial score (nSPS) is 19.7. The lowest BCUT2D eigenvalue weighted by Crippen LogP contribution is -2.45. The molecule has 0 aromatic heterocycles. The number of carbonyl (C=O) groups is 3. The Hall–Kier alpha value is -2.97. The number of nitrogens with zero attached hydrogens (tertiary/aromatic N) is 2. The van der Waals surface area contributed by atoms with E-state index in [1.165, 1.54) is 4.90 Å². The summed E-state index contributed by atoms with van der Waals surface area (Å²) in [6.45, 7) is 0. The molecule has 1 N–H and O–H groups in total. The van der Waals surface area contributed by atoms with Gasteiger partial charge in [0, 0.05) is 19.0 Å². The number of hydrogen-bond donors (Lipinski definition) is 1. The standard InChI is InChI=1S/C21H16N2O4S2/c1-22-14-10-6-5-9-13(14)16(18(22)24)17-19(25)23(21(28)29-17)15(20(26)27)11-12-7-3-2-4-8-12/h2-10,15H,11H2,1H3,(H,26,27)/b17-16-. The van der Waals surface area contributed by atoms with E-state index < -0.39 is 17.9 Å². The van der Waals surface area contributed by atoms with Crippen molar-refractivity contribution in [3.8, 4) is 0 Å². The van der Waals surface area contributed by atoms with Crippen molar-refractivity contribution in [3.05, 3.63) is 70.6 Å². The predicted molar refractivity (Wildman–Crippen MR) is 115 cm³/mol. The minimum Gasteiger partial charge on any atom is -0.480 e. The lowest BCUT2D eigenvalue weighted by atomic mass is 10.0. The van der Waals surface area contributed by atoms with Crippen LogP contribution in [0, 0.1) is 0 Å². The Morgan fingerprint density at radius 3 is 2.41 bits per heavy atom. The molecule has 8 heteroatoms. The molecular formula is C21H16N2O4S2. The van der Waals surface area contributed by atoms with Crippen molar-refractivity contribution in [1.29, 1.82) is 0 Å². The number of rotatable bonds is 4. The third-order valence-electron chi connectivity index (χ3n) is 4.95. The number of hydrogen-bond acceptors (Lipinski definition) is 5. The third-order valence-corrected chi connectivity index (χ3v) is 6.35. The van der Waals surface area contributed by atoms with Crippen molar-refractivity contribution in [2.45, 2.75) is 12.5 Å². The highest BCUT2D eigenvalue weighted by Gasteiger charge is 2.45. The first kappa shape index (κ1) is 19.4. The summed E-state index contributed by atoms with van der Waals surface area (Å²) >= 11 is 6.34. The Balaban J connectivity index is 1.75. The predicted octanol–water partition coefficient (Wildman–Crippen LogP) is 2.93. The second-order valence-electron chi connectivity index (χ2n) is 6.67. The van der Waals surface area contributed by atoms with Crippen LogP contribution in [0.5, 0.6) is 0 Å². The molecule has 1 atom stereocenters. The second kappa shape index (κ2) is 7.46. The van der Waals surface area contributed by atoms with Gasteiger partial charge in [0.1, 0.15) is 10.4 Å². The minimum absolute atomic E-state index is 0.121. The summed E-state index contributed by atoms with van der Waals surface area (Å²) < 4.78 is 0.140. The van der Waals surface area contributed by atoms with Crippen LogP contribution in [0.25, 0.3) is 5.57 Å².